The van der Waals surface area contributed by atoms with Gasteiger partial charge in [-0.05, 0) is 83.1 Å². The van der Waals surface area contributed by atoms with Crippen LogP contribution in [0, 0.1) is 19.3 Å². The second-order valence-corrected chi connectivity index (χ2v) is 18.1. The molecule has 0 amide bonds. The Kier molecular flexibility index (Phi) is 10.1. The van der Waals surface area contributed by atoms with Gasteiger partial charge in [-0.3, -0.25) is 9.59 Å². The number of hydrogen-bond donors (Lipinski definition) is 1. The molecule has 282 valence electrons. The lowest BCUT2D eigenvalue weighted by atomic mass is 9.58. The van der Waals surface area contributed by atoms with Crippen molar-refractivity contribution in [2.75, 3.05) is 30.4 Å². The van der Waals surface area contributed by atoms with Crippen molar-refractivity contribution in [1.82, 2.24) is 0 Å². The van der Waals surface area contributed by atoms with Crippen molar-refractivity contribution < 1.29 is 23.6 Å². The molecule has 6 aromatic rings. The SMILES string of the molecule is COC(=O)C1(C(=O)OC)Cc2c(C)c(CCCP(=O)(c3ccccc3)c3ccccc3)c(B3Nc4cccc5cccc(c45)N3Cc3ccccc3)c(C)c2C1. The fraction of sp³-hybridized carbons (Fsp3) is 0.234. The zero-order valence-corrected chi connectivity index (χ0v) is 33.3. The summed E-state index contributed by atoms with van der Waals surface area (Å²) in [5.41, 5.74) is 8.18. The molecular formula is C47H46BN2O5P. The Labute approximate surface area is 329 Å². The molecule has 1 heterocycles. The van der Waals surface area contributed by atoms with Crippen LogP contribution < -0.4 is 26.1 Å². The van der Waals surface area contributed by atoms with E-state index in [1.807, 2.05) is 66.7 Å². The first kappa shape index (κ1) is 37.3. The molecule has 9 heteroatoms. The van der Waals surface area contributed by atoms with E-state index in [1.54, 1.807) is 0 Å². The van der Waals surface area contributed by atoms with Crippen LogP contribution in [0.1, 0.15) is 39.8 Å². The van der Waals surface area contributed by atoms with Crippen molar-refractivity contribution in [1.29, 1.82) is 0 Å². The average Bonchev–Trinajstić information content (AvgIpc) is 3.67. The molecule has 7 nitrogen and oxygen atoms in total. The summed E-state index contributed by atoms with van der Waals surface area (Å²) in [6.07, 6.45) is 2.17. The number of fused-ring (bicyclic) bond motifs is 1. The molecule has 0 radical (unpaired) electrons. The van der Waals surface area contributed by atoms with Crippen LogP contribution in [0.5, 0.6) is 0 Å². The third-order valence-corrected chi connectivity index (χ3v) is 15.3. The number of nitrogens with zero attached hydrogens (tertiary/aromatic N) is 1. The highest BCUT2D eigenvalue weighted by Gasteiger charge is 2.54. The lowest BCUT2D eigenvalue weighted by Gasteiger charge is -2.40. The molecule has 0 fully saturated rings. The number of anilines is 2. The molecular weight excluding hydrogens is 714 g/mol. The third-order valence-electron chi connectivity index (χ3n) is 12.1. The van der Waals surface area contributed by atoms with Crippen LogP contribution in [-0.2, 0) is 49.4 Å². The van der Waals surface area contributed by atoms with Crippen LogP contribution in [0.3, 0.4) is 0 Å². The second-order valence-electron chi connectivity index (χ2n) is 15.1. The average molecular weight is 761 g/mol. The molecule has 6 aromatic carbocycles. The lowest BCUT2D eigenvalue weighted by Crippen LogP contribution is -2.58. The van der Waals surface area contributed by atoms with Crippen molar-refractivity contribution in [3.8, 4) is 0 Å². The Hall–Kier alpha value is -5.59. The highest BCUT2D eigenvalue weighted by atomic mass is 31.2. The number of methoxy groups -OCH3 is 2. The summed E-state index contributed by atoms with van der Waals surface area (Å²) in [6.45, 7) is 4.60. The first-order chi connectivity index (χ1) is 27.2. The maximum atomic E-state index is 15.2. The van der Waals surface area contributed by atoms with Crippen LogP contribution in [0.4, 0.5) is 11.4 Å². The molecule has 8 rings (SSSR count). The highest BCUT2D eigenvalue weighted by Crippen LogP contribution is 2.46. The van der Waals surface area contributed by atoms with Gasteiger partial charge in [0.15, 0.2) is 5.41 Å². The standard InChI is InChI=1S/C47H46BN2O5P/c1-32-38(25-16-28-56(53,36-21-10-6-11-22-36)37-23-12-7-13-24-37)44(33(2)40-30-47(29-39(32)40,45(51)54-3)46(52)55-4)48-49-41-26-14-19-35-20-15-27-42(43(35)41)50(48)31-34-17-8-5-9-18-34/h5-15,17-24,26-27,49H,16,25,28-31H2,1-4H3. The molecule has 2 aliphatic rings. The molecule has 0 bridgehead atoms. The summed E-state index contributed by atoms with van der Waals surface area (Å²) >= 11 is 0. The van der Waals surface area contributed by atoms with Crippen molar-refractivity contribution in [3.05, 3.63) is 161 Å². The van der Waals surface area contributed by atoms with Gasteiger partial charge < -0.3 is 24.1 Å². The molecule has 0 spiro atoms. The molecule has 0 unspecified atom stereocenters. The number of rotatable bonds is 11. The monoisotopic (exact) mass is 760 g/mol. The Morgan fingerprint density at radius 1 is 0.732 bits per heavy atom. The summed E-state index contributed by atoms with van der Waals surface area (Å²) in [7, 11) is -0.328. The van der Waals surface area contributed by atoms with Gasteiger partial charge in [0.25, 0.3) is 0 Å². The predicted octanol–water partition coefficient (Wildman–Crippen LogP) is 7.66. The summed E-state index contributed by atoms with van der Waals surface area (Å²) < 4.78 is 25.8. The number of carbonyl (C=O) groups excluding carboxylic acids is 2. The molecule has 56 heavy (non-hydrogen) atoms. The third kappa shape index (κ3) is 6.30. The van der Waals surface area contributed by atoms with E-state index in [4.69, 9.17) is 9.47 Å². The van der Waals surface area contributed by atoms with Crippen molar-refractivity contribution in [2.24, 2.45) is 5.41 Å². The van der Waals surface area contributed by atoms with Crippen LogP contribution in [0.15, 0.2) is 127 Å². The topological polar surface area (TPSA) is 84.9 Å². The quantitative estimate of drug-likeness (QED) is 0.0629. The molecule has 1 N–H and O–H groups in total. The van der Waals surface area contributed by atoms with E-state index in [-0.39, 0.29) is 19.8 Å². The number of hydrogen-bond acceptors (Lipinski definition) is 7. The van der Waals surface area contributed by atoms with Crippen molar-refractivity contribution in [3.63, 3.8) is 0 Å². The summed E-state index contributed by atoms with van der Waals surface area (Å²) in [4.78, 5) is 29.6. The molecule has 1 aliphatic carbocycles. The number of ether oxygens (including phenoxy) is 2. The van der Waals surface area contributed by atoms with Gasteiger partial charge in [0, 0.05) is 52.9 Å². The van der Waals surface area contributed by atoms with Crippen LogP contribution in [-0.4, -0.2) is 39.3 Å². The van der Waals surface area contributed by atoms with E-state index in [2.05, 4.69) is 84.5 Å². The molecule has 0 saturated carbocycles. The number of benzene rings is 6. The van der Waals surface area contributed by atoms with E-state index < -0.39 is 24.5 Å². The molecule has 1 aliphatic heterocycles. The summed E-state index contributed by atoms with van der Waals surface area (Å²) in [5, 5.41) is 8.01. The van der Waals surface area contributed by atoms with Gasteiger partial charge in [0.05, 0.1) is 14.2 Å². The van der Waals surface area contributed by atoms with Crippen LogP contribution in [0.25, 0.3) is 10.8 Å². The highest BCUT2D eigenvalue weighted by molar-refractivity contribution is 7.78. The minimum atomic E-state index is -2.99. The smallest absolute Gasteiger partial charge is 0.409 e. The molecule has 0 aromatic heterocycles. The van der Waals surface area contributed by atoms with Gasteiger partial charge in [0.1, 0.15) is 7.14 Å². The Morgan fingerprint density at radius 2 is 1.29 bits per heavy atom. The Bertz CT molecular complexity index is 2430. The molecule has 0 atom stereocenters. The zero-order valence-electron chi connectivity index (χ0n) is 32.4. The first-order valence-corrected chi connectivity index (χ1v) is 21.2. The number of carbonyl (C=O) groups is 2. The lowest BCUT2D eigenvalue weighted by molar-refractivity contribution is -0.168. The van der Waals surface area contributed by atoms with E-state index in [1.165, 1.54) is 25.2 Å². The normalized spacial score (nSPS) is 14.3. The van der Waals surface area contributed by atoms with E-state index in [9.17, 15) is 9.59 Å². The van der Waals surface area contributed by atoms with Gasteiger partial charge in [-0.1, -0.05) is 115 Å². The van der Waals surface area contributed by atoms with Crippen LogP contribution in [0.2, 0.25) is 0 Å². The maximum Gasteiger partial charge on any atom is 0.409 e. The second kappa shape index (κ2) is 15.2. The first-order valence-electron chi connectivity index (χ1n) is 19.3. The summed E-state index contributed by atoms with van der Waals surface area (Å²) in [5.74, 6) is -1.17. The fourth-order valence-corrected chi connectivity index (χ4v) is 12.0. The van der Waals surface area contributed by atoms with E-state index in [0.29, 0.717) is 25.5 Å². The number of esters is 2. The maximum absolute atomic E-state index is 15.2. The van der Waals surface area contributed by atoms with E-state index in [0.717, 1.165) is 60.7 Å². The van der Waals surface area contributed by atoms with Gasteiger partial charge in [-0.2, -0.15) is 0 Å². The minimum Gasteiger partial charge on any atom is -0.468 e. The minimum absolute atomic E-state index is 0.191. The van der Waals surface area contributed by atoms with Crippen molar-refractivity contribution in [2.45, 2.75) is 46.1 Å². The molecule has 0 saturated heterocycles. The zero-order chi connectivity index (χ0) is 39.0. The predicted molar refractivity (Wildman–Crippen MR) is 228 cm³/mol. The van der Waals surface area contributed by atoms with Crippen LogP contribution >= 0.6 is 7.14 Å². The Morgan fingerprint density at radius 3 is 1.88 bits per heavy atom. The number of nitrogens with one attached hydrogen (secondary N) is 1. The van der Waals surface area contributed by atoms with Gasteiger partial charge in [-0.25, -0.2) is 0 Å². The fourth-order valence-electron chi connectivity index (χ4n) is 9.28. The van der Waals surface area contributed by atoms with Crippen molar-refractivity contribution >= 4 is 64.3 Å². The van der Waals surface area contributed by atoms with E-state index >= 15 is 4.57 Å². The summed E-state index contributed by atoms with van der Waals surface area (Å²) in [6, 6.07) is 43.0. The largest absolute Gasteiger partial charge is 0.468 e. The Balaban J connectivity index is 1.29. The van der Waals surface area contributed by atoms with Gasteiger partial charge in [-0.15, -0.1) is 0 Å². The van der Waals surface area contributed by atoms with Gasteiger partial charge >= 0.3 is 18.9 Å². The van der Waals surface area contributed by atoms with Gasteiger partial charge in [0.2, 0.25) is 0 Å².